The van der Waals surface area contributed by atoms with Gasteiger partial charge in [0, 0.05) is 39.1 Å². The summed E-state index contributed by atoms with van der Waals surface area (Å²) >= 11 is 0.794. The molecule has 4 aromatic rings. The molecule has 9 nitrogen and oxygen atoms in total. The number of aromatic nitrogens is 5. The summed E-state index contributed by atoms with van der Waals surface area (Å²) in [4.78, 5) is 41.3. The van der Waals surface area contributed by atoms with Crippen molar-refractivity contribution >= 4 is 28.3 Å². The second-order valence-electron chi connectivity index (χ2n) is 7.77. The number of aryl methyl sites for hydroxylation is 2. The van der Waals surface area contributed by atoms with Gasteiger partial charge < -0.3 is 4.57 Å². The standard InChI is InChI=1S/C21H16F5N6O3S/c1-29-12(9-5-6-10(22)15(16(9)23)21(24,25)26)8-36-19(29)27-13(33)7-11-14-17(28-32(11)4)30(2)20(35)31(3)18(14)34/h5-6,8H,1,7H2,2-4H3/b27-19+. The summed E-state index contributed by atoms with van der Waals surface area (Å²) in [6.45, 7) is 0. The Kier molecular flexibility index (Phi) is 6.06. The molecule has 3 heterocycles. The summed E-state index contributed by atoms with van der Waals surface area (Å²) in [5.41, 5.74) is -3.77. The van der Waals surface area contributed by atoms with Gasteiger partial charge in [-0.3, -0.25) is 23.4 Å². The maximum atomic E-state index is 14.6. The molecular formula is C21H16F5N6O3S. The van der Waals surface area contributed by atoms with Crippen LogP contribution in [0.1, 0.15) is 11.3 Å². The van der Waals surface area contributed by atoms with Crippen molar-refractivity contribution in [2.24, 2.45) is 26.1 Å². The van der Waals surface area contributed by atoms with Crippen molar-refractivity contribution in [2.45, 2.75) is 12.6 Å². The van der Waals surface area contributed by atoms with Crippen LogP contribution < -0.4 is 16.1 Å². The fourth-order valence-corrected chi connectivity index (χ4v) is 4.56. The molecule has 1 aromatic carbocycles. The van der Waals surface area contributed by atoms with E-state index < -0.39 is 52.5 Å². The number of hydrogen-bond acceptors (Lipinski definition) is 5. The van der Waals surface area contributed by atoms with Crippen LogP contribution in [0.5, 0.6) is 0 Å². The zero-order chi connectivity index (χ0) is 26.7. The van der Waals surface area contributed by atoms with Gasteiger partial charge in [-0.05, 0) is 12.1 Å². The minimum atomic E-state index is -5.26. The number of nitrogens with zero attached hydrogens (tertiary/aromatic N) is 6. The second-order valence-corrected chi connectivity index (χ2v) is 8.61. The maximum Gasteiger partial charge on any atom is 0.422 e. The van der Waals surface area contributed by atoms with Gasteiger partial charge in [0.05, 0.1) is 17.8 Å². The topological polar surface area (TPSA) is 96.2 Å². The molecule has 0 unspecified atom stereocenters. The van der Waals surface area contributed by atoms with Gasteiger partial charge in [0.25, 0.3) is 11.5 Å². The van der Waals surface area contributed by atoms with Gasteiger partial charge in [-0.2, -0.15) is 23.3 Å². The van der Waals surface area contributed by atoms with Crippen LogP contribution in [0.2, 0.25) is 0 Å². The number of thiazole rings is 1. The number of amides is 1. The lowest BCUT2D eigenvalue weighted by Gasteiger charge is -2.12. The number of halogens is 5. The molecule has 0 saturated heterocycles. The van der Waals surface area contributed by atoms with E-state index in [1.807, 2.05) is 0 Å². The number of rotatable bonds is 3. The Morgan fingerprint density at radius 1 is 1.14 bits per heavy atom. The highest BCUT2D eigenvalue weighted by Crippen LogP contribution is 2.37. The summed E-state index contributed by atoms with van der Waals surface area (Å²) in [7, 11) is 7.79. The summed E-state index contributed by atoms with van der Waals surface area (Å²) in [5.74, 6) is -4.35. The molecule has 0 N–H and O–H groups in total. The molecule has 4 rings (SSSR count). The molecule has 36 heavy (non-hydrogen) atoms. The van der Waals surface area contributed by atoms with Crippen LogP contribution >= 0.6 is 11.3 Å². The van der Waals surface area contributed by atoms with Gasteiger partial charge in [0.15, 0.2) is 10.4 Å². The Balaban J connectivity index is 1.76. The molecule has 0 atom stereocenters. The predicted octanol–water partition coefficient (Wildman–Crippen LogP) is 2.11. The highest BCUT2D eigenvalue weighted by atomic mass is 32.1. The fraction of sp³-hybridized carbons (Fsp3) is 0.238. The molecule has 0 bridgehead atoms. The van der Waals surface area contributed by atoms with Crippen molar-refractivity contribution in [1.29, 1.82) is 0 Å². The van der Waals surface area contributed by atoms with E-state index in [-0.39, 0.29) is 27.2 Å². The first-order valence-electron chi connectivity index (χ1n) is 10.00. The summed E-state index contributed by atoms with van der Waals surface area (Å²) in [5, 5.41) is 5.41. The van der Waals surface area contributed by atoms with Crippen molar-refractivity contribution in [3.63, 3.8) is 0 Å². The zero-order valence-corrected chi connectivity index (χ0v) is 19.7. The van der Waals surface area contributed by atoms with E-state index >= 15 is 0 Å². The molecule has 0 aliphatic rings. The molecule has 1 radical (unpaired) electrons. The molecule has 15 heteroatoms. The van der Waals surface area contributed by atoms with Crippen molar-refractivity contribution in [2.75, 3.05) is 0 Å². The second kappa shape index (κ2) is 8.65. The lowest BCUT2D eigenvalue weighted by Crippen LogP contribution is -2.37. The van der Waals surface area contributed by atoms with Crippen LogP contribution in [0.25, 0.3) is 22.3 Å². The van der Waals surface area contributed by atoms with Crippen molar-refractivity contribution in [3.05, 3.63) is 73.1 Å². The van der Waals surface area contributed by atoms with E-state index in [9.17, 15) is 36.3 Å². The largest absolute Gasteiger partial charge is 0.422 e. The Bertz CT molecular complexity index is 1740. The normalized spacial score (nSPS) is 12.6. The third-order valence-corrected chi connectivity index (χ3v) is 6.41. The van der Waals surface area contributed by atoms with E-state index in [0.29, 0.717) is 6.07 Å². The van der Waals surface area contributed by atoms with Crippen LogP contribution in [0.4, 0.5) is 22.0 Å². The van der Waals surface area contributed by atoms with Gasteiger partial charge >= 0.3 is 11.9 Å². The predicted molar refractivity (Wildman–Crippen MR) is 119 cm³/mol. The van der Waals surface area contributed by atoms with Gasteiger partial charge in [0.2, 0.25) is 0 Å². The monoisotopic (exact) mass is 527 g/mol. The number of fused-ring (bicyclic) bond motifs is 1. The average molecular weight is 527 g/mol. The molecule has 0 saturated carbocycles. The first-order valence-corrected chi connectivity index (χ1v) is 10.9. The van der Waals surface area contributed by atoms with E-state index in [1.165, 1.54) is 31.2 Å². The van der Waals surface area contributed by atoms with Gasteiger partial charge in [-0.25, -0.2) is 13.6 Å². The maximum absolute atomic E-state index is 14.6. The Labute approximate surface area is 202 Å². The molecule has 0 aliphatic heterocycles. The van der Waals surface area contributed by atoms with Gasteiger partial charge in [-0.15, -0.1) is 11.3 Å². The van der Waals surface area contributed by atoms with Crippen molar-refractivity contribution < 1.29 is 26.7 Å². The van der Waals surface area contributed by atoms with Crippen LogP contribution in [0.15, 0.2) is 32.1 Å². The number of carbonyl (C=O) groups is 1. The minimum absolute atomic E-state index is 0.0491. The van der Waals surface area contributed by atoms with Crippen LogP contribution in [0, 0.1) is 18.7 Å². The van der Waals surface area contributed by atoms with E-state index in [2.05, 4.69) is 17.1 Å². The van der Waals surface area contributed by atoms with Crippen LogP contribution in [-0.2, 0) is 38.5 Å². The fourth-order valence-electron chi connectivity index (χ4n) is 3.70. The minimum Gasteiger partial charge on any atom is -0.314 e. The van der Waals surface area contributed by atoms with Crippen LogP contribution in [-0.4, -0.2) is 29.4 Å². The van der Waals surface area contributed by atoms with E-state index in [1.54, 1.807) is 0 Å². The highest BCUT2D eigenvalue weighted by molar-refractivity contribution is 7.07. The summed E-state index contributed by atoms with van der Waals surface area (Å²) in [6, 6.07) is 1.32. The molecular weight excluding hydrogens is 511 g/mol. The third kappa shape index (κ3) is 3.98. The highest BCUT2D eigenvalue weighted by Gasteiger charge is 2.39. The van der Waals surface area contributed by atoms with E-state index in [0.717, 1.165) is 31.1 Å². The first-order chi connectivity index (χ1) is 16.7. The van der Waals surface area contributed by atoms with Crippen molar-refractivity contribution in [1.82, 2.24) is 23.5 Å². The first kappa shape index (κ1) is 25.2. The smallest absolute Gasteiger partial charge is 0.314 e. The molecule has 3 aromatic heterocycles. The van der Waals surface area contributed by atoms with Gasteiger partial charge in [-0.1, -0.05) is 0 Å². The molecule has 1 amide bonds. The quantitative estimate of drug-likeness (QED) is 0.382. The lowest BCUT2D eigenvalue weighted by atomic mass is 10.1. The molecule has 0 fully saturated rings. The number of hydrogen-bond donors (Lipinski definition) is 0. The molecule has 0 spiro atoms. The molecule has 189 valence electrons. The SMILES string of the molecule is [CH2]n1c(-c2ccc(F)c(C(F)(F)F)c2F)cs/c1=N/C(=O)Cc1c2c(=O)n(C)c(=O)n(C)c2nn1C. The van der Waals surface area contributed by atoms with Gasteiger partial charge in [0.1, 0.15) is 22.6 Å². The Morgan fingerprint density at radius 2 is 1.81 bits per heavy atom. The van der Waals surface area contributed by atoms with Crippen LogP contribution in [0.3, 0.4) is 0 Å². The summed E-state index contributed by atoms with van der Waals surface area (Å²) < 4.78 is 71.8. The number of benzene rings is 1. The van der Waals surface area contributed by atoms with E-state index in [4.69, 9.17) is 0 Å². The molecule has 0 aliphatic carbocycles. The number of carbonyl (C=O) groups excluding carboxylic acids is 1. The number of alkyl halides is 3. The lowest BCUT2D eigenvalue weighted by molar-refractivity contribution is -0.142. The Hall–Kier alpha value is -3.88. The third-order valence-electron chi connectivity index (χ3n) is 5.54. The zero-order valence-electron chi connectivity index (χ0n) is 18.9. The Morgan fingerprint density at radius 3 is 2.44 bits per heavy atom. The average Bonchev–Trinajstić information content (AvgIpc) is 3.30. The summed E-state index contributed by atoms with van der Waals surface area (Å²) in [6.07, 6.45) is -5.67. The van der Waals surface area contributed by atoms with Crippen molar-refractivity contribution in [3.8, 4) is 11.3 Å².